The highest BCUT2D eigenvalue weighted by Gasteiger charge is 2.24. The van der Waals surface area contributed by atoms with E-state index in [1.807, 2.05) is 24.3 Å². The highest BCUT2D eigenvalue weighted by atomic mass is 16.5. The molecule has 0 heterocycles. The Balaban J connectivity index is 1.61. The van der Waals surface area contributed by atoms with E-state index >= 15 is 0 Å². The summed E-state index contributed by atoms with van der Waals surface area (Å²) in [6, 6.07) is 8.49. The van der Waals surface area contributed by atoms with Crippen molar-refractivity contribution in [2.24, 2.45) is 5.92 Å². The zero-order valence-electron chi connectivity index (χ0n) is 13.8. The Hall–Kier alpha value is -1.10. The highest BCUT2D eigenvalue weighted by Crippen LogP contribution is 2.21. The maximum atomic E-state index is 10.1. The summed E-state index contributed by atoms with van der Waals surface area (Å²) in [5, 5.41) is 12.4. The Morgan fingerprint density at radius 2 is 1.95 bits per heavy atom. The number of rotatable bonds is 8. The number of benzene rings is 1. The first-order chi connectivity index (χ1) is 10.7. The smallest absolute Gasteiger partial charge is 0.126 e. The third-order valence-electron chi connectivity index (χ3n) is 4.63. The lowest BCUT2D eigenvalue weighted by Crippen LogP contribution is -2.93. The van der Waals surface area contributed by atoms with Gasteiger partial charge in [0.25, 0.3) is 0 Å². The van der Waals surface area contributed by atoms with Gasteiger partial charge in [-0.2, -0.15) is 0 Å². The van der Waals surface area contributed by atoms with Gasteiger partial charge >= 0.3 is 0 Å². The molecule has 0 amide bonds. The SMILES string of the molecule is COc1ccc(COC[C@@H](O)C[NH2+][C@@H]2CCCC[C@H]2C)cc1. The molecule has 0 saturated heterocycles. The van der Waals surface area contributed by atoms with Crippen LogP contribution in [0.2, 0.25) is 0 Å². The molecule has 1 aromatic carbocycles. The van der Waals surface area contributed by atoms with Crippen LogP contribution >= 0.6 is 0 Å². The van der Waals surface area contributed by atoms with Crippen molar-refractivity contribution in [1.29, 1.82) is 0 Å². The molecule has 1 aliphatic carbocycles. The molecule has 0 aromatic heterocycles. The lowest BCUT2D eigenvalue weighted by atomic mass is 9.86. The molecule has 3 N–H and O–H groups in total. The molecule has 1 aromatic rings. The molecule has 2 rings (SSSR count). The van der Waals surface area contributed by atoms with Crippen LogP contribution < -0.4 is 10.1 Å². The van der Waals surface area contributed by atoms with Crippen LogP contribution in [-0.4, -0.2) is 37.5 Å². The standard InChI is InChI=1S/C18H29NO3/c1-14-5-3-4-6-18(14)19-11-16(20)13-22-12-15-7-9-17(21-2)10-8-15/h7-10,14,16,18-20H,3-6,11-13H2,1-2H3/p+1/t14-,16+,18-/m1/s1. The fraction of sp³-hybridized carbons (Fsp3) is 0.667. The van der Waals surface area contributed by atoms with Gasteiger partial charge in [-0.05, 0) is 37.0 Å². The molecule has 1 fully saturated rings. The van der Waals surface area contributed by atoms with Gasteiger partial charge in [-0.1, -0.05) is 25.5 Å². The Bertz CT molecular complexity index is 421. The second-order valence-electron chi connectivity index (χ2n) is 6.41. The van der Waals surface area contributed by atoms with Gasteiger partial charge in [0.05, 0.1) is 26.4 Å². The van der Waals surface area contributed by atoms with Crippen molar-refractivity contribution in [3.63, 3.8) is 0 Å². The van der Waals surface area contributed by atoms with Gasteiger partial charge in [-0.3, -0.25) is 0 Å². The summed E-state index contributed by atoms with van der Waals surface area (Å²) >= 11 is 0. The maximum absolute atomic E-state index is 10.1. The molecule has 1 aliphatic rings. The summed E-state index contributed by atoms with van der Waals surface area (Å²) in [6.45, 7) is 3.98. The first-order valence-corrected chi connectivity index (χ1v) is 8.41. The quantitative estimate of drug-likeness (QED) is 0.769. The molecule has 0 unspecified atom stereocenters. The van der Waals surface area contributed by atoms with E-state index in [9.17, 15) is 5.11 Å². The normalized spacial score (nSPS) is 23.2. The highest BCUT2D eigenvalue weighted by molar-refractivity contribution is 5.26. The summed E-state index contributed by atoms with van der Waals surface area (Å²) < 4.78 is 10.7. The second kappa shape index (κ2) is 9.13. The minimum atomic E-state index is -0.396. The van der Waals surface area contributed by atoms with Crippen LogP contribution in [0.4, 0.5) is 0 Å². The zero-order chi connectivity index (χ0) is 15.8. The molecule has 4 nitrogen and oxygen atoms in total. The zero-order valence-corrected chi connectivity index (χ0v) is 13.8. The Morgan fingerprint density at radius 3 is 2.64 bits per heavy atom. The van der Waals surface area contributed by atoms with Crippen LogP contribution in [0, 0.1) is 5.92 Å². The molecule has 0 spiro atoms. The predicted octanol–water partition coefficient (Wildman–Crippen LogP) is 1.71. The monoisotopic (exact) mass is 308 g/mol. The lowest BCUT2D eigenvalue weighted by Gasteiger charge is -2.27. The molecule has 124 valence electrons. The van der Waals surface area contributed by atoms with Crippen molar-refractivity contribution < 1.29 is 19.9 Å². The largest absolute Gasteiger partial charge is 0.497 e. The number of aliphatic hydroxyl groups is 1. The van der Waals surface area contributed by atoms with Crippen molar-refractivity contribution in [3.05, 3.63) is 29.8 Å². The van der Waals surface area contributed by atoms with Crippen LogP contribution in [0.5, 0.6) is 5.75 Å². The van der Waals surface area contributed by atoms with E-state index in [1.165, 1.54) is 25.7 Å². The van der Waals surface area contributed by atoms with E-state index in [0.29, 0.717) is 19.3 Å². The fourth-order valence-electron chi connectivity index (χ4n) is 3.13. The van der Waals surface area contributed by atoms with Crippen molar-refractivity contribution in [2.75, 3.05) is 20.3 Å². The first-order valence-electron chi connectivity index (χ1n) is 8.41. The van der Waals surface area contributed by atoms with Gasteiger partial charge in [0.1, 0.15) is 18.4 Å². The fourth-order valence-corrected chi connectivity index (χ4v) is 3.13. The number of ether oxygens (including phenoxy) is 2. The summed E-state index contributed by atoms with van der Waals surface area (Å²) in [4.78, 5) is 0. The van der Waals surface area contributed by atoms with Crippen LogP contribution in [0.25, 0.3) is 0 Å². The third-order valence-corrected chi connectivity index (χ3v) is 4.63. The minimum absolute atomic E-state index is 0.392. The summed E-state index contributed by atoms with van der Waals surface area (Å²) in [7, 11) is 1.66. The van der Waals surface area contributed by atoms with Gasteiger partial charge in [-0.15, -0.1) is 0 Å². The summed E-state index contributed by atoms with van der Waals surface area (Å²) in [5.41, 5.74) is 1.10. The minimum Gasteiger partial charge on any atom is -0.497 e. The van der Waals surface area contributed by atoms with Gasteiger partial charge < -0.3 is 19.9 Å². The molecule has 3 atom stereocenters. The van der Waals surface area contributed by atoms with Crippen molar-refractivity contribution in [1.82, 2.24) is 0 Å². The number of hydrogen-bond acceptors (Lipinski definition) is 3. The van der Waals surface area contributed by atoms with Gasteiger partial charge in [0, 0.05) is 5.92 Å². The van der Waals surface area contributed by atoms with E-state index in [2.05, 4.69) is 12.2 Å². The molecule has 0 aliphatic heterocycles. The average molecular weight is 308 g/mol. The van der Waals surface area contributed by atoms with E-state index in [0.717, 1.165) is 23.8 Å². The van der Waals surface area contributed by atoms with E-state index in [4.69, 9.17) is 9.47 Å². The van der Waals surface area contributed by atoms with Crippen molar-refractivity contribution >= 4 is 0 Å². The van der Waals surface area contributed by atoms with Crippen LogP contribution in [-0.2, 0) is 11.3 Å². The predicted molar refractivity (Wildman–Crippen MR) is 86.9 cm³/mol. The van der Waals surface area contributed by atoms with Gasteiger partial charge in [-0.25, -0.2) is 0 Å². The molecule has 0 radical (unpaired) electrons. The summed E-state index contributed by atoms with van der Waals surface area (Å²) in [5.74, 6) is 1.61. The lowest BCUT2D eigenvalue weighted by molar-refractivity contribution is -0.703. The Labute approximate surface area is 133 Å². The number of nitrogens with two attached hydrogens (primary N) is 1. The van der Waals surface area contributed by atoms with Gasteiger partial charge in [0.2, 0.25) is 0 Å². The van der Waals surface area contributed by atoms with Crippen molar-refractivity contribution in [3.8, 4) is 5.75 Å². The van der Waals surface area contributed by atoms with Crippen LogP contribution in [0.3, 0.4) is 0 Å². The number of quaternary nitrogens is 1. The number of hydrogen-bond donors (Lipinski definition) is 2. The third kappa shape index (κ3) is 5.59. The summed E-state index contributed by atoms with van der Waals surface area (Å²) in [6.07, 6.45) is 4.90. The van der Waals surface area contributed by atoms with Crippen LogP contribution in [0.1, 0.15) is 38.2 Å². The van der Waals surface area contributed by atoms with Gasteiger partial charge in [0.15, 0.2) is 0 Å². The Kier molecular flexibility index (Phi) is 7.16. The van der Waals surface area contributed by atoms with Crippen molar-refractivity contribution in [2.45, 2.75) is 51.4 Å². The molecule has 1 saturated carbocycles. The van der Waals surface area contributed by atoms with E-state index < -0.39 is 6.10 Å². The van der Waals surface area contributed by atoms with E-state index in [-0.39, 0.29) is 0 Å². The number of aliphatic hydroxyl groups excluding tert-OH is 1. The first kappa shape index (κ1) is 17.3. The average Bonchev–Trinajstić information content (AvgIpc) is 2.55. The molecule has 0 bridgehead atoms. The number of methoxy groups -OCH3 is 1. The Morgan fingerprint density at radius 1 is 1.23 bits per heavy atom. The molecular formula is C18H30NO3+. The van der Waals surface area contributed by atoms with Crippen LogP contribution in [0.15, 0.2) is 24.3 Å². The van der Waals surface area contributed by atoms with E-state index in [1.54, 1.807) is 7.11 Å². The topological polar surface area (TPSA) is 55.3 Å². The molecule has 22 heavy (non-hydrogen) atoms. The molecular weight excluding hydrogens is 278 g/mol. The second-order valence-corrected chi connectivity index (χ2v) is 6.41. The maximum Gasteiger partial charge on any atom is 0.126 e. The molecule has 4 heteroatoms.